The van der Waals surface area contributed by atoms with E-state index in [9.17, 15) is 9.90 Å². The molecule has 0 aliphatic carbocycles. The van der Waals surface area contributed by atoms with E-state index in [1.807, 2.05) is 0 Å². The highest BCUT2D eigenvalue weighted by molar-refractivity contribution is 7.11. The fourth-order valence-corrected chi connectivity index (χ4v) is 2.35. The Labute approximate surface area is 97.5 Å². The number of amides is 1. The summed E-state index contributed by atoms with van der Waals surface area (Å²) in [6.45, 7) is 2.65. The molecule has 1 aliphatic heterocycles. The third kappa shape index (κ3) is 2.40. The molecule has 1 fully saturated rings. The zero-order valence-corrected chi connectivity index (χ0v) is 9.79. The maximum absolute atomic E-state index is 11.8. The smallest absolute Gasteiger partial charge is 0.263 e. The van der Waals surface area contributed by atoms with Gasteiger partial charge >= 0.3 is 0 Å². The molecule has 1 amide bonds. The largest absolute Gasteiger partial charge is 0.389 e. The molecule has 0 radical (unpaired) electrons. The third-order valence-corrected chi connectivity index (χ3v) is 3.52. The Morgan fingerprint density at radius 2 is 2.56 bits per heavy atom. The number of carbonyl (C=O) groups is 1. The van der Waals surface area contributed by atoms with Crippen LogP contribution in [0.25, 0.3) is 0 Å². The number of aliphatic hydroxyl groups is 1. The molecular weight excluding hydrogens is 228 g/mol. The number of hydrogen-bond donors (Lipinski definition) is 2. The van der Waals surface area contributed by atoms with E-state index in [0.717, 1.165) is 5.69 Å². The van der Waals surface area contributed by atoms with Gasteiger partial charge in [-0.25, -0.2) is 4.98 Å². The van der Waals surface area contributed by atoms with Crippen LogP contribution in [0.3, 0.4) is 0 Å². The van der Waals surface area contributed by atoms with Crippen molar-refractivity contribution >= 4 is 17.2 Å². The lowest BCUT2D eigenvalue weighted by Crippen LogP contribution is -2.48. The minimum absolute atomic E-state index is 0.161. The summed E-state index contributed by atoms with van der Waals surface area (Å²) >= 11 is 1.31. The van der Waals surface area contributed by atoms with Gasteiger partial charge in [0.15, 0.2) is 0 Å². The van der Waals surface area contributed by atoms with Gasteiger partial charge in [-0.3, -0.25) is 4.79 Å². The molecule has 2 atom stereocenters. The van der Waals surface area contributed by atoms with Crippen molar-refractivity contribution in [2.45, 2.75) is 25.5 Å². The summed E-state index contributed by atoms with van der Waals surface area (Å²) < 4.78 is 5.10. The van der Waals surface area contributed by atoms with Gasteiger partial charge in [0.2, 0.25) is 0 Å². The number of ether oxygens (including phenoxy) is 1. The van der Waals surface area contributed by atoms with Crippen molar-refractivity contribution in [1.82, 2.24) is 10.3 Å². The van der Waals surface area contributed by atoms with Crippen LogP contribution in [0, 0.1) is 6.92 Å². The quantitative estimate of drug-likeness (QED) is 0.784. The van der Waals surface area contributed by atoms with E-state index in [4.69, 9.17) is 4.74 Å². The highest BCUT2D eigenvalue weighted by Gasteiger charge is 2.26. The van der Waals surface area contributed by atoms with Crippen LogP contribution in [0.5, 0.6) is 0 Å². The molecule has 1 aromatic heterocycles. The van der Waals surface area contributed by atoms with Crippen LogP contribution < -0.4 is 5.32 Å². The first-order chi connectivity index (χ1) is 7.68. The lowest BCUT2D eigenvalue weighted by molar-refractivity contribution is -0.0260. The first kappa shape index (κ1) is 11.5. The Morgan fingerprint density at radius 3 is 3.19 bits per heavy atom. The van der Waals surface area contributed by atoms with Crippen molar-refractivity contribution in [3.8, 4) is 0 Å². The van der Waals surface area contributed by atoms with Crippen molar-refractivity contribution in [3.05, 3.63) is 16.1 Å². The maximum atomic E-state index is 11.8. The maximum Gasteiger partial charge on any atom is 0.263 e. The average Bonchev–Trinajstić information content (AvgIpc) is 2.68. The number of aryl methyl sites for hydroxylation is 1. The molecule has 5 nitrogen and oxygen atoms in total. The Morgan fingerprint density at radius 1 is 1.75 bits per heavy atom. The number of aromatic nitrogens is 1. The van der Waals surface area contributed by atoms with E-state index in [1.54, 1.807) is 12.4 Å². The number of hydrogen-bond acceptors (Lipinski definition) is 5. The summed E-state index contributed by atoms with van der Waals surface area (Å²) in [7, 11) is 0. The zero-order chi connectivity index (χ0) is 11.5. The van der Waals surface area contributed by atoms with E-state index in [2.05, 4.69) is 10.3 Å². The average molecular weight is 242 g/mol. The molecule has 1 aliphatic rings. The van der Waals surface area contributed by atoms with Gasteiger partial charge in [-0.05, 0) is 13.3 Å². The SMILES string of the molecule is Cc1ncsc1C(=O)N[C@@H]1CCOC[C@H]1O. The van der Waals surface area contributed by atoms with Crippen molar-refractivity contribution < 1.29 is 14.6 Å². The number of nitrogens with zero attached hydrogens (tertiary/aromatic N) is 1. The predicted octanol–water partition coefficient (Wildman–Crippen LogP) is 0.331. The van der Waals surface area contributed by atoms with Crippen LogP contribution in [0.1, 0.15) is 21.8 Å². The normalized spacial score (nSPS) is 25.4. The van der Waals surface area contributed by atoms with Crippen LogP contribution in [-0.4, -0.2) is 41.4 Å². The highest BCUT2D eigenvalue weighted by Crippen LogP contribution is 2.14. The van der Waals surface area contributed by atoms with Crippen molar-refractivity contribution in [2.75, 3.05) is 13.2 Å². The van der Waals surface area contributed by atoms with E-state index < -0.39 is 6.10 Å². The first-order valence-corrected chi connectivity index (χ1v) is 6.03. The minimum Gasteiger partial charge on any atom is -0.389 e. The van der Waals surface area contributed by atoms with Gasteiger partial charge in [0.05, 0.1) is 30.0 Å². The van der Waals surface area contributed by atoms with Crippen molar-refractivity contribution in [1.29, 1.82) is 0 Å². The second-order valence-corrected chi connectivity index (χ2v) is 4.63. The monoisotopic (exact) mass is 242 g/mol. The molecule has 0 spiro atoms. The Bertz CT molecular complexity index is 380. The van der Waals surface area contributed by atoms with Crippen molar-refractivity contribution in [2.24, 2.45) is 0 Å². The minimum atomic E-state index is -0.620. The van der Waals surface area contributed by atoms with Gasteiger partial charge in [0.25, 0.3) is 5.91 Å². The fraction of sp³-hybridized carbons (Fsp3) is 0.600. The van der Waals surface area contributed by atoms with E-state index in [1.165, 1.54) is 11.3 Å². The van der Waals surface area contributed by atoms with Gasteiger partial charge in [-0.15, -0.1) is 11.3 Å². The fourth-order valence-electron chi connectivity index (χ4n) is 1.65. The molecule has 1 saturated heterocycles. The highest BCUT2D eigenvalue weighted by atomic mass is 32.1. The standard InChI is InChI=1S/C10H14N2O3S/c1-6-9(16-5-11-6)10(14)12-7-2-3-15-4-8(7)13/h5,7-8,13H,2-4H2,1H3,(H,12,14)/t7-,8-/m1/s1. The molecule has 16 heavy (non-hydrogen) atoms. The molecule has 0 unspecified atom stereocenters. The molecule has 6 heteroatoms. The second kappa shape index (κ2) is 4.90. The Hall–Kier alpha value is -0.980. The Kier molecular flexibility index (Phi) is 3.52. The molecular formula is C10H14N2O3S. The van der Waals surface area contributed by atoms with Gasteiger partial charge in [-0.1, -0.05) is 0 Å². The van der Waals surface area contributed by atoms with Crippen LogP contribution >= 0.6 is 11.3 Å². The van der Waals surface area contributed by atoms with E-state index in [0.29, 0.717) is 17.9 Å². The topological polar surface area (TPSA) is 71.5 Å². The number of rotatable bonds is 2. The van der Waals surface area contributed by atoms with Crippen LogP contribution in [0.2, 0.25) is 0 Å². The summed E-state index contributed by atoms with van der Waals surface area (Å²) in [5, 5.41) is 12.4. The van der Waals surface area contributed by atoms with Crippen LogP contribution in [0.15, 0.2) is 5.51 Å². The molecule has 0 aromatic carbocycles. The number of thiazole rings is 1. The summed E-state index contributed by atoms with van der Waals surface area (Å²) in [4.78, 5) is 16.5. The molecule has 0 bridgehead atoms. The van der Waals surface area contributed by atoms with E-state index in [-0.39, 0.29) is 18.6 Å². The lowest BCUT2D eigenvalue weighted by Gasteiger charge is -2.28. The second-order valence-electron chi connectivity index (χ2n) is 3.78. The van der Waals surface area contributed by atoms with Crippen LogP contribution in [0.4, 0.5) is 0 Å². The van der Waals surface area contributed by atoms with Gasteiger partial charge < -0.3 is 15.2 Å². The predicted molar refractivity (Wildman–Crippen MR) is 59.5 cm³/mol. The molecule has 1 aromatic rings. The number of nitrogens with one attached hydrogen (secondary N) is 1. The summed E-state index contributed by atoms with van der Waals surface area (Å²) in [6, 6.07) is -0.220. The molecule has 0 saturated carbocycles. The van der Waals surface area contributed by atoms with Gasteiger partial charge in [0, 0.05) is 6.61 Å². The number of carbonyl (C=O) groups excluding carboxylic acids is 1. The Balaban J connectivity index is 1.99. The third-order valence-electron chi connectivity index (χ3n) is 2.59. The summed E-state index contributed by atoms with van der Waals surface area (Å²) in [5.74, 6) is -0.161. The van der Waals surface area contributed by atoms with Crippen LogP contribution in [-0.2, 0) is 4.74 Å². The van der Waals surface area contributed by atoms with Crippen molar-refractivity contribution in [3.63, 3.8) is 0 Å². The summed E-state index contributed by atoms with van der Waals surface area (Å²) in [6.07, 6.45) is 0.0241. The molecule has 88 valence electrons. The van der Waals surface area contributed by atoms with Gasteiger partial charge in [0.1, 0.15) is 4.88 Å². The lowest BCUT2D eigenvalue weighted by atomic mass is 10.1. The van der Waals surface area contributed by atoms with Gasteiger partial charge in [-0.2, -0.15) is 0 Å². The van der Waals surface area contributed by atoms with E-state index >= 15 is 0 Å². The molecule has 2 heterocycles. The first-order valence-electron chi connectivity index (χ1n) is 5.15. The number of aliphatic hydroxyl groups excluding tert-OH is 1. The molecule has 2 rings (SSSR count). The summed E-state index contributed by atoms with van der Waals surface area (Å²) in [5.41, 5.74) is 2.37. The zero-order valence-electron chi connectivity index (χ0n) is 8.97. The molecule has 2 N–H and O–H groups in total.